The molecular weight excluding hydrogens is 524 g/mol. The molecule has 0 spiro atoms. The van der Waals surface area contributed by atoms with Crippen molar-refractivity contribution in [1.82, 2.24) is 10.2 Å². The number of aliphatic hydroxyl groups excluding tert-OH is 1. The third kappa shape index (κ3) is 3.54. The van der Waals surface area contributed by atoms with E-state index in [0.717, 1.165) is 36.1 Å². The van der Waals surface area contributed by atoms with E-state index in [1.807, 2.05) is 24.3 Å². The number of aromatic hydroxyl groups is 2. The van der Waals surface area contributed by atoms with Crippen LogP contribution >= 0.6 is 0 Å². The number of carboxylic acids is 1. The number of phenols is 2. The van der Waals surface area contributed by atoms with E-state index in [9.17, 15) is 35.1 Å². The molecule has 2 aromatic rings. The van der Waals surface area contributed by atoms with Gasteiger partial charge in [-0.1, -0.05) is 37.3 Å². The Hall–Kier alpha value is -3.56. The Bertz CT molecular complexity index is 1490. The van der Waals surface area contributed by atoms with Crippen LogP contribution in [0.1, 0.15) is 54.9 Å². The highest BCUT2D eigenvalue weighted by Gasteiger charge is 2.69. The van der Waals surface area contributed by atoms with Gasteiger partial charge in [0.15, 0.2) is 11.5 Å². The van der Waals surface area contributed by atoms with Crippen molar-refractivity contribution >= 4 is 11.9 Å². The van der Waals surface area contributed by atoms with Crippen LogP contribution < -0.4 is 5.32 Å². The second-order valence-corrected chi connectivity index (χ2v) is 13.0. The minimum Gasteiger partial charge on any atom is -0.512 e. The molecule has 0 unspecified atom stereocenters. The number of aliphatic hydroxyl groups is 2. The maximum Gasteiger partial charge on any atom is 0.330 e. The SMILES string of the molecule is C[C@H]1C(O)=C(C(=O)NC2(C(=O)O)Cc3ccccc3C2)C[C@@]2(O)[C@H]3Cc4ccc(O)c(O)c4[C@@]12CCN3CC1CC1. The molecule has 41 heavy (non-hydrogen) atoms. The summed E-state index contributed by atoms with van der Waals surface area (Å²) in [6, 6.07) is 10.3. The largest absolute Gasteiger partial charge is 0.512 e. The fourth-order valence-corrected chi connectivity index (χ4v) is 8.62. The fourth-order valence-electron chi connectivity index (χ4n) is 8.62. The van der Waals surface area contributed by atoms with Gasteiger partial charge in [-0.25, -0.2) is 4.79 Å². The number of piperidine rings is 1. The van der Waals surface area contributed by atoms with Gasteiger partial charge in [0, 0.05) is 48.7 Å². The Labute approximate surface area is 238 Å². The molecule has 9 nitrogen and oxygen atoms in total. The number of aliphatic carboxylic acids is 1. The van der Waals surface area contributed by atoms with E-state index in [1.165, 1.54) is 6.07 Å². The number of amides is 1. The first-order valence-electron chi connectivity index (χ1n) is 14.6. The summed E-state index contributed by atoms with van der Waals surface area (Å²) in [4.78, 5) is 28.8. The van der Waals surface area contributed by atoms with Crippen LogP contribution in [0.3, 0.4) is 0 Å². The number of allylic oxidation sites excluding steroid dienone is 1. The average molecular weight is 561 g/mol. The van der Waals surface area contributed by atoms with Crippen molar-refractivity contribution in [3.63, 3.8) is 0 Å². The Morgan fingerprint density at radius 1 is 1.00 bits per heavy atom. The van der Waals surface area contributed by atoms with Crippen molar-refractivity contribution in [2.75, 3.05) is 13.1 Å². The summed E-state index contributed by atoms with van der Waals surface area (Å²) in [5.41, 5.74) is -1.31. The second kappa shape index (κ2) is 8.72. The van der Waals surface area contributed by atoms with Gasteiger partial charge in [0.05, 0.1) is 11.2 Å². The number of phenolic OH excluding ortho intramolecular Hbond substituents is 2. The minimum atomic E-state index is -1.56. The number of carboxylic acid groups (broad SMARTS) is 1. The van der Waals surface area contributed by atoms with E-state index in [4.69, 9.17) is 0 Å². The lowest BCUT2D eigenvalue weighted by molar-refractivity contribution is -0.171. The van der Waals surface area contributed by atoms with Crippen LogP contribution in [-0.4, -0.2) is 72.6 Å². The molecule has 216 valence electrons. The lowest BCUT2D eigenvalue weighted by atomic mass is 9.46. The first kappa shape index (κ1) is 26.3. The van der Waals surface area contributed by atoms with Crippen molar-refractivity contribution in [2.24, 2.45) is 11.8 Å². The topological polar surface area (TPSA) is 151 Å². The third-order valence-electron chi connectivity index (χ3n) is 10.9. The van der Waals surface area contributed by atoms with Gasteiger partial charge >= 0.3 is 5.97 Å². The summed E-state index contributed by atoms with van der Waals surface area (Å²) in [6.07, 6.45) is 3.18. The van der Waals surface area contributed by atoms with Crippen molar-refractivity contribution in [3.05, 3.63) is 70.0 Å². The first-order valence-corrected chi connectivity index (χ1v) is 14.6. The lowest BCUT2D eigenvalue weighted by Crippen LogP contribution is -2.75. The van der Waals surface area contributed by atoms with Gasteiger partial charge in [-0.15, -0.1) is 0 Å². The molecular formula is C32H36N2O7. The quantitative estimate of drug-likeness (QED) is 0.306. The minimum absolute atomic E-state index is 0.0198. The standard InChI is InChI=1S/C32H36N2O7/c1-17-26(36)22(28(38)33-30(29(39)40)13-20-4-2-3-5-21(20)14-30)15-32(41)24-12-19-8-9-23(35)27(37)25(19)31(17,32)10-11-34(24)16-18-6-7-18/h2-5,8-9,17-18,24,35-37,41H,6-7,10-16H2,1H3,(H,33,38)(H,39,40)/t17-,24+,31+,32+/m0/s1. The smallest absolute Gasteiger partial charge is 0.330 e. The van der Waals surface area contributed by atoms with E-state index in [2.05, 4.69) is 10.2 Å². The van der Waals surface area contributed by atoms with Gasteiger partial charge in [0.25, 0.3) is 5.91 Å². The zero-order chi connectivity index (χ0) is 28.9. The van der Waals surface area contributed by atoms with Crippen LogP contribution in [0, 0.1) is 11.8 Å². The summed E-state index contributed by atoms with van der Waals surface area (Å²) in [5, 5.41) is 59.1. The van der Waals surface area contributed by atoms with Crippen LogP contribution in [0.5, 0.6) is 11.5 Å². The Morgan fingerprint density at radius 2 is 1.68 bits per heavy atom. The molecule has 9 heteroatoms. The van der Waals surface area contributed by atoms with Gasteiger partial charge in [0.2, 0.25) is 0 Å². The fraction of sp³-hybridized carbons (Fsp3) is 0.500. The molecule has 1 amide bonds. The van der Waals surface area contributed by atoms with Gasteiger partial charge < -0.3 is 30.8 Å². The average Bonchev–Trinajstić information content (AvgIpc) is 3.67. The highest BCUT2D eigenvalue weighted by Crippen LogP contribution is 2.64. The van der Waals surface area contributed by atoms with Gasteiger partial charge in [0.1, 0.15) is 11.3 Å². The number of nitrogens with one attached hydrogen (secondary N) is 1. The van der Waals surface area contributed by atoms with E-state index in [1.54, 1.807) is 13.0 Å². The number of carbonyl (C=O) groups excluding carboxylic acids is 1. The lowest BCUT2D eigenvalue weighted by Gasteiger charge is -2.65. The highest BCUT2D eigenvalue weighted by molar-refractivity contribution is 5.99. The maximum absolute atomic E-state index is 13.9. The Morgan fingerprint density at radius 3 is 2.32 bits per heavy atom. The summed E-state index contributed by atoms with van der Waals surface area (Å²) in [5.74, 6) is -2.87. The van der Waals surface area contributed by atoms with Crippen LogP contribution in [0.25, 0.3) is 0 Å². The molecule has 2 aromatic carbocycles. The molecule has 2 fully saturated rings. The molecule has 0 radical (unpaired) electrons. The number of fused-ring (bicyclic) bond motifs is 2. The van der Waals surface area contributed by atoms with Crippen molar-refractivity contribution in [3.8, 4) is 11.5 Å². The summed E-state index contributed by atoms with van der Waals surface area (Å²) in [7, 11) is 0. The number of rotatable bonds is 5. The molecule has 1 aliphatic heterocycles. The van der Waals surface area contributed by atoms with Crippen LogP contribution in [0.2, 0.25) is 0 Å². The predicted molar refractivity (Wildman–Crippen MR) is 149 cm³/mol. The van der Waals surface area contributed by atoms with Gasteiger partial charge in [-0.3, -0.25) is 9.69 Å². The Balaban J connectivity index is 1.31. The third-order valence-corrected chi connectivity index (χ3v) is 10.9. The molecule has 6 N–H and O–H groups in total. The number of benzene rings is 2. The van der Waals surface area contributed by atoms with Crippen molar-refractivity contribution in [2.45, 2.75) is 74.5 Å². The molecule has 1 heterocycles. The molecule has 4 atom stereocenters. The van der Waals surface area contributed by atoms with Crippen LogP contribution in [0.4, 0.5) is 0 Å². The number of hydrogen-bond acceptors (Lipinski definition) is 7. The summed E-state index contributed by atoms with van der Waals surface area (Å²) in [6.45, 7) is 3.23. The van der Waals surface area contributed by atoms with E-state index < -0.39 is 34.3 Å². The Kier molecular flexibility index (Phi) is 5.60. The molecule has 1 saturated carbocycles. The maximum atomic E-state index is 13.9. The number of nitrogens with zero attached hydrogens (tertiary/aromatic N) is 1. The summed E-state index contributed by atoms with van der Waals surface area (Å²) < 4.78 is 0. The van der Waals surface area contributed by atoms with Crippen LogP contribution in [-0.2, 0) is 34.3 Å². The molecule has 1 saturated heterocycles. The van der Waals surface area contributed by atoms with E-state index in [0.29, 0.717) is 30.9 Å². The number of carbonyl (C=O) groups is 2. The number of likely N-dealkylation sites (tertiary alicyclic amines) is 1. The zero-order valence-electron chi connectivity index (χ0n) is 23.1. The predicted octanol–water partition coefficient (Wildman–Crippen LogP) is 2.70. The molecule has 5 aliphatic rings. The second-order valence-electron chi connectivity index (χ2n) is 13.0. The van der Waals surface area contributed by atoms with Crippen LogP contribution in [0.15, 0.2) is 47.7 Å². The zero-order valence-corrected chi connectivity index (χ0v) is 23.1. The van der Waals surface area contributed by atoms with Crippen molar-refractivity contribution in [1.29, 1.82) is 0 Å². The highest BCUT2D eigenvalue weighted by atomic mass is 16.4. The molecule has 2 bridgehead atoms. The van der Waals surface area contributed by atoms with E-state index >= 15 is 0 Å². The molecule has 7 rings (SSSR count). The van der Waals surface area contributed by atoms with Gasteiger partial charge in [-0.2, -0.15) is 0 Å². The van der Waals surface area contributed by atoms with Crippen molar-refractivity contribution < 1.29 is 35.1 Å². The normalized spacial score (nSPS) is 31.7. The molecule has 0 aromatic heterocycles. The molecule has 4 aliphatic carbocycles. The number of hydrogen-bond donors (Lipinski definition) is 6. The monoisotopic (exact) mass is 560 g/mol. The van der Waals surface area contributed by atoms with E-state index in [-0.39, 0.29) is 48.1 Å². The van der Waals surface area contributed by atoms with Gasteiger partial charge in [-0.05, 0) is 60.9 Å². The summed E-state index contributed by atoms with van der Waals surface area (Å²) >= 11 is 0. The first-order chi connectivity index (χ1) is 19.5.